The topological polar surface area (TPSA) is 74.7 Å². The first-order chi connectivity index (χ1) is 9.75. The van der Waals surface area contributed by atoms with Crippen LogP contribution >= 0.6 is 0 Å². The summed E-state index contributed by atoms with van der Waals surface area (Å²) in [6, 6.07) is 2.45. The summed E-state index contributed by atoms with van der Waals surface area (Å²) in [5.74, 6) is -4.63. The zero-order chi connectivity index (χ0) is 15.8. The number of nitrogens with zero attached hydrogens (tertiary/aromatic N) is 1. The van der Waals surface area contributed by atoms with E-state index in [4.69, 9.17) is 5.11 Å². The smallest absolute Gasteiger partial charge is 0.307 e. The van der Waals surface area contributed by atoms with Crippen molar-refractivity contribution in [3.8, 4) is 0 Å². The number of carboxylic acids is 1. The van der Waals surface area contributed by atoms with E-state index in [0.717, 1.165) is 22.5 Å². The highest BCUT2D eigenvalue weighted by atomic mass is 32.2. The number of aliphatic carboxylic acids is 1. The van der Waals surface area contributed by atoms with Gasteiger partial charge in [-0.15, -0.1) is 0 Å². The minimum Gasteiger partial charge on any atom is -0.481 e. The second-order valence-corrected chi connectivity index (χ2v) is 6.95. The lowest BCUT2D eigenvalue weighted by molar-refractivity contribution is -0.143. The lowest BCUT2D eigenvalue weighted by Crippen LogP contribution is -2.47. The molecule has 0 bridgehead atoms. The van der Waals surface area contributed by atoms with Crippen molar-refractivity contribution < 1.29 is 27.1 Å². The van der Waals surface area contributed by atoms with Gasteiger partial charge in [0.2, 0.25) is 10.0 Å². The molecule has 5 nitrogen and oxygen atoms in total. The average Bonchev–Trinajstić information content (AvgIpc) is 2.41. The van der Waals surface area contributed by atoms with Gasteiger partial charge in [0.25, 0.3) is 0 Å². The molecule has 1 aromatic rings. The Morgan fingerprint density at radius 3 is 2.62 bits per heavy atom. The molecule has 1 N–H and O–H groups in total. The van der Waals surface area contributed by atoms with Crippen molar-refractivity contribution in [3.63, 3.8) is 0 Å². The minimum absolute atomic E-state index is 0.241. The minimum atomic E-state index is -4.28. The molecule has 8 heteroatoms. The van der Waals surface area contributed by atoms with Gasteiger partial charge < -0.3 is 5.11 Å². The molecule has 0 aromatic heterocycles. The number of sulfonamides is 1. The molecule has 2 unspecified atom stereocenters. The fourth-order valence-corrected chi connectivity index (χ4v) is 4.20. The van der Waals surface area contributed by atoms with Crippen LogP contribution in [-0.2, 0) is 14.8 Å². The molecule has 0 saturated carbocycles. The van der Waals surface area contributed by atoms with Crippen LogP contribution in [0.3, 0.4) is 0 Å². The standard InChI is InChI=1S/C13H15F2NO4S/c1-8-5-6-9(13(17)18)7-16(8)21(19,20)11-4-2-3-10(14)12(11)15/h2-4,8-9H,5-7H2,1H3,(H,17,18). The molecular formula is C13H15F2NO4S. The van der Waals surface area contributed by atoms with E-state index >= 15 is 0 Å². The van der Waals surface area contributed by atoms with E-state index in [-0.39, 0.29) is 6.54 Å². The lowest BCUT2D eigenvalue weighted by Gasteiger charge is -2.35. The summed E-state index contributed by atoms with van der Waals surface area (Å²) in [6.07, 6.45) is 0.710. The summed E-state index contributed by atoms with van der Waals surface area (Å²) in [6.45, 7) is 1.38. The maximum absolute atomic E-state index is 13.7. The summed E-state index contributed by atoms with van der Waals surface area (Å²) in [7, 11) is -4.28. The van der Waals surface area contributed by atoms with Crippen molar-refractivity contribution in [3.05, 3.63) is 29.8 Å². The van der Waals surface area contributed by atoms with Crippen LogP contribution in [0.2, 0.25) is 0 Å². The molecule has 0 radical (unpaired) electrons. The quantitative estimate of drug-likeness (QED) is 0.922. The first kappa shape index (κ1) is 15.8. The molecule has 2 atom stereocenters. The SMILES string of the molecule is CC1CCC(C(=O)O)CN1S(=O)(=O)c1cccc(F)c1F. The second-order valence-electron chi connectivity index (χ2n) is 5.09. The molecule has 1 saturated heterocycles. The highest BCUT2D eigenvalue weighted by molar-refractivity contribution is 7.89. The molecule has 0 amide bonds. The monoisotopic (exact) mass is 319 g/mol. The highest BCUT2D eigenvalue weighted by Gasteiger charge is 2.38. The second kappa shape index (κ2) is 5.69. The van der Waals surface area contributed by atoms with Crippen LogP contribution in [-0.4, -0.2) is 36.4 Å². The average molecular weight is 319 g/mol. The number of carboxylic acid groups (broad SMARTS) is 1. The molecule has 116 valence electrons. The molecule has 1 aromatic carbocycles. The molecular weight excluding hydrogens is 304 g/mol. The molecule has 2 rings (SSSR count). The molecule has 1 heterocycles. The van der Waals surface area contributed by atoms with Gasteiger partial charge in [0.1, 0.15) is 4.90 Å². The fraction of sp³-hybridized carbons (Fsp3) is 0.462. The van der Waals surface area contributed by atoms with Crippen LogP contribution in [0.25, 0.3) is 0 Å². The number of hydrogen-bond acceptors (Lipinski definition) is 3. The van der Waals surface area contributed by atoms with Gasteiger partial charge >= 0.3 is 5.97 Å². The Morgan fingerprint density at radius 1 is 1.33 bits per heavy atom. The van der Waals surface area contributed by atoms with E-state index in [1.807, 2.05) is 0 Å². The van der Waals surface area contributed by atoms with E-state index < -0.39 is 44.5 Å². The Balaban J connectivity index is 2.42. The Labute approximate surface area is 121 Å². The summed E-state index contributed by atoms with van der Waals surface area (Å²) < 4.78 is 52.8. The van der Waals surface area contributed by atoms with Gasteiger partial charge in [-0.25, -0.2) is 17.2 Å². The number of rotatable bonds is 3. The van der Waals surface area contributed by atoms with Crippen LogP contribution in [0.4, 0.5) is 8.78 Å². The van der Waals surface area contributed by atoms with Gasteiger partial charge in [-0.3, -0.25) is 4.79 Å². The van der Waals surface area contributed by atoms with Crippen molar-refractivity contribution in [2.75, 3.05) is 6.54 Å². The fourth-order valence-electron chi connectivity index (χ4n) is 2.42. The van der Waals surface area contributed by atoms with Crippen LogP contribution in [0, 0.1) is 17.6 Å². The van der Waals surface area contributed by atoms with Crippen LogP contribution in [0.15, 0.2) is 23.1 Å². The largest absolute Gasteiger partial charge is 0.481 e. The van der Waals surface area contributed by atoms with E-state index in [1.165, 1.54) is 0 Å². The molecule has 1 fully saturated rings. The van der Waals surface area contributed by atoms with E-state index in [0.29, 0.717) is 12.8 Å². The van der Waals surface area contributed by atoms with Gasteiger partial charge in [-0.2, -0.15) is 4.31 Å². The van der Waals surface area contributed by atoms with Gasteiger partial charge in [-0.1, -0.05) is 6.07 Å². The Bertz CT molecular complexity index is 662. The van der Waals surface area contributed by atoms with Crippen molar-refractivity contribution in [1.82, 2.24) is 4.31 Å². The number of carbonyl (C=O) groups is 1. The third-order valence-corrected chi connectivity index (χ3v) is 5.67. The summed E-state index contributed by atoms with van der Waals surface area (Å²) in [5, 5.41) is 9.02. The van der Waals surface area contributed by atoms with E-state index in [9.17, 15) is 22.0 Å². The first-order valence-electron chi connectivity index (χ1n) is 6.43. The Kier molecular flexibility index (Phi) is 4.29. The first-order valence-corrected chi connectivity index (χ1v) is 7.88. The number of halogens is 2. The van der Waals surface area contributed by atoms with Gasteiger partial charge in [0.15, 0.2) is 11.6 Å². The van der Waals surface area contributed by atoms with Crippen LogP contribution < -0.4 is 0 Å². The Hall–Kier alpha value is -1.54. The third kappa shape index (κ3) is 2.91. The summed E-state index contributed by atoms with van der Waals surface area (Å²) in [5.41, 5.74) is 0. The van der Waals surface area contributed by atoms with E-state index in [2.05, 4.69) is 0 Å². The molecule has 1 aliphatic rings. The maximum Gasteiger partial charge on any atom is 0.307 e. The van der Waals surface area contributed by atoms with Crippen LogP contribution in [0.5, 0.6) is 0 Å². The molecule has 1 aliphatic heterocycles. The molecule has 0 spiro atoms. The lowest BCUT2D eigenvalue weighted by atomic mass is 9.96. The number of piperidine rings is 1. The zero-order valence-electron chi connectivity index (χ0n) is 11.3. The van der Waals surface area contributed by atoms with E-state index in [1.54, 1.807) is 6.92 Å². The van der Waals surface area contributed by atoms with Crippen molar-refractivity contribution in [2.24, 2.45) is 5.92 Å². The molecule has 0 aliphatic carbocycles. The maximum atomic E-state index is 13.7. The van der Waals surface area contributed by atoms with Gasteiger partial charge in [0, 0.05) is 12.6 Å². The predicted molar refractivity (Wildman–Crippen MR) is 70.1 cm³/mol. The molecule has 21 heavy (non-hydrogen) atoms. The zero-order valence-corrected chi connectivity index (χ0v) is 12.1. The van der Waals surface area contributed by atoms with Gasteiger partial charge in [0.05, 0.1) is 5.92 Å². The van der Waals surface area contributed by atoms with Crippen molar-refractivity contribution in [1.29, 1.82) is 0 Å². The highest BCUT2D eigenvalue weighted by Crippen LogP contribution is 2.29. The van der Waals surface area contributed by atoms with Crippen molar-refractivity contribution in [2.45, 2.75) is 30.7 Å². The normalized spacial score (nSPS) is 24.0. The number of benzene rings is 1. The Morgan fingerprint density at radius 2 is 2.00 bits per heavy atom. The number of hydrogen-bond donors (Lipinski definition) is 1. The summed E-state index contributed by atoms with van der Waals surface area (Å²) >= 11 is 0. The third-order valence-electron chi connectivity index (χ3n) is 3.68. The van der Waals surface area contributed by atoms with Crippen LogP contribution in [0.1, 0.15) is 19.8 Å². The predicted octanol–water partition coefficient (Wildman–Crippen LogP) is 1.84. The summed E-state index contributed by atoms with van der Waals surface area (Å²) in [4.78, 5) is 10.3. The van der Waals surface area contributed by atoms with Gasteiger partial charge in [-0.05, 0) is 31.9 Å². The van der Waals surface area contributed by atoms with Crippen molar-refractivity contribution >= 4 is 16.0 Å².